The van der Waals surface area contributed by atoms with E-state index < -0.39 is 12.0 Å². The monoisotopic (exact) mass is 321 g/mol. The molecule has 1 aliphatic rings. The summed E-state index contributed by atoms with van der Waals surface area (Å²) in [6, 6.07) is 18.4. The van der Waals surface area contributed by atoms with E-state index in [9.17, 15) is 9.59 Å². The first-order valence-electron chi connectivity index (χ1n) is 7.84. The Hall–Kier alpha value is -2.95. The molecule has 1 heterocycles. The molecule has 0 radical (unpaired) electrons. The number of hydrogen-bond donors (Lipinski definition) is 1. The van der Waals surface area contributed by atoms with Gasteiger partial charge < -0.3 is 5.32 Å². The minimum atomic E-state index is -0.517. The SMILES string of the molecule is CC(=O)NC(c1ccccc1)C1C(=O)N(c2ccccc2)N=C1C. The number of hydrogen-bond acceptors (Lipinski definition) is 3. The van der Waals surface area contributed by atoms with E-state index in [-0.39, 0.29) is 11.8 Å². The zero-order valence-electron chi connectivity index (χ0n) is 13.6. The van der Waals surface area contributed by atoms with Crippen LogP contribution in [0.25, 0.3) is 0 Å². The van der Waals surface area contributed by atoms with Gasteiger partial charge in [-0.15, -0.1) is 0 Å². The van der Waals surface area contributed by atoms with Crippen LogP contribution in [-0.4, -0.2) is 17.5 Å². The quantitative estimate of drug-likeness (QED) is 0.941. The average molecular weight is 321 g/mol. The third kappa shape index (κ3) is 3.06. The fourth-order valence-corrected chi connectivity index (χ4v) is 2.96. The number of para-hydroxylation sites is 1. The molecule has 0 saturated carbocycles. The third-order valence-corrected chi connectivity index (χ3v) is 4.03. The van der Waals surface area contributed by atoms with Crippen LogP contribution in [0.1, 0.15) is 25.5 Å². The van der Waals surface area contributed by atoms with Crippen LogP contribution in [0.3, 0.4) is 0 Å². The molecule has 0 fully saturated rings. The summed E-state index contributed by atoms with van der Waals surface area (Å²) in [6.07, 6.45) is 0. The maximum absolute atomic E-state index is 13.0. The van der Waals surface area contributed by atoms with Gasteiger partial charge in [-0.2, -0.15) is 5.10 Å². The fourth-order valence-electron chi connectivity index (χ4n) is 2.96. The summed E-state index contributed by atoms with van der Waals surface area (Å²) in [4.78, 5) is 24.6. The van der Waals surface area contributed by atoms with Crippen molar-refractivity contribution in [1.82, 2.24) is 5.32 Å². The van der Waals surface area contributed by atoms with Gasteiger partial charge in [0.1, 0.15) is 5.92 Å². The number of hydrazone groups is 1. The molecule has 2 aromatic carbocycles. The summed E-state index contributed by atoms with van der Waals surface area (Å²) in [5, 5.41) is 8.74. The highest BCUT2D eigenvalue weighted by atomic mass is 16.2. The molecule has 122 valence electrons. The smallest absolute Gasteiger partial charge is 0.258 e. The summed E-state index contributed by atoms with van der Waals surface area (Å²) in [6.45, 7) is 3.28. The summed E-state index contributed by atoms with van der Waals surface area (Å²) in [5.74, 6) is -0.833. The Morgan fingerprint density at radius 1 is 1.08 bits per heavy atom. The third-order valence-electron chi connectivity index (χ3n) is 4.03. The molecule has 2 unspecified atom stereocenters. The Morgan fingerprint density at radius 3 is 2.25 bits per heavy atom. The summed E-state index contributed by atoms with van der Waals surface area (Å²) >= 11 is 0. The van der Waals surface area contributed by atoms with Crippen molar-refractivity contribution in [1.29, 1.82) is 0 Å². The van der Waals surface area contributed by atoms with Crippen molar-refractivity contribution in [3.63, 3.8) is 0 Å². The first-order valence-corrected chi connectivity index (χ1v) is 7.84. The van der Waals surface area contributed by atoms with Crippen LogP contribution < -0.4 is 10.3 Å². The number of nitrogens with zero attached hydrogens (tertiary/aromatic N) is 2. The fraction of sp³-hybridized carbons (Fsp3) is 0.211. The highest BCUT2D eigenvalue weighted by Gasteiger charge is 2.41. The van der Waals surface area contributed by atoms with Crippen LogP contribution in [0.5, 0.6) is 0 Å². The first kappa shape index (κ1) is 15.9. The highest BCUT2D eigenvalue weighted by Crippen LogP contribution is 2.32. The standard InChI is InChI=1S/C19H19N3O2/c1-13-17(18(20-14(2)23)15-9-5-3-6-10-15)19(24)22(21-13)16-11-7-4-8-12-16/h3-12,17-18H,1-2H3,(H,20,23). The molecule has 1 aliphatic heterocycles. The number of amides is 2. The summed E-state index contributed by atoms with van der Waals surface area (Å²) < 4.78 is 0. The predicted molar refractivity (Wildman–Crippen MR) is 93.5 cm³/mol. The van der Waals surface area contributed by atoms with Crippen molar-refractivity contribution in [3.8, 4) is 0 Å². The van der Waals surface area contributed by atoms with Gasteiger partial charge in [0.15, 0.2) is 0 Å². The largest absolute Gasteiger partial charge is 0.348 e. The second-order valence-electron chi connectivity index (χ2n) is 5.79. The Labute approximate surface area is 141 Å². The molecular formula is C19H19N3O2. The van der Waals surface area contributed by atoms with Gasteiger partial charge in [-0.05, 0) is 24.6 Å². The van der Waals surface area contributed by atoms with E-state index in [1.165, 1.54) is 11.9 Å². The minimum Gasteiger partial charge on any atom is -0.348 e. The second-order valence-corrected chi connectivity index (χ2v) is 5.79. The van der Waals surface area contributed by atoms with E-state index in [0.717, 1.165) is 11.3 Å². The molecule has 0 bridgehead atoms. The Balaban J connectivity index is 1.96. The minimum absolute atomic E-state index is 0.138. The Morgan fingerprint density at radius 2 is 1.67 bits per heavy atom. The van der Waals surface area contributed by atoms with Crippen molar-refractivity contribution >= 4 is 23.2 Å². The van der Waals surface area contributed by atoms with Crippen molar-refractivity contribution in [2.45, 2.75) is 19.9 Å². The van der Waals surface area contributed by atoms with E-state index in [1.807, 2.05) is 67.6 Å². The van der Waals surface area contributed by atoms with Crippen molar-refractivity contribution in [3.05, 3.63) is 66.2 Å². The molecule has 5 nitrogen and oxygen atoms in total. The van der Waals surface area contributed by atoms with E-state index in [0.29, 0.717) is 5.71 Å². The summed E-state index contributed by atoms with van der Waals surface area (Å²) in [5.41, 5.74) is 2.29. The molecule has 2 atom stereocenters. The Kier molecular flexibility index (Phi) is 4.42. The number of rotatable bonds is 4. The molecule has 0 aliphatic carbocycles. The van der Waals surface area contributed by atoms with Gasteiger partial charge in [0, 0.05) is 6.92 Å². The van der Waals surface area contributed by atoms with E-state index in [2.05, 4.69) is 10.4 Å². The van der Waals surface area contributed by atoms with Crippen LogP contribution in [-0.2, 0) is 9.59 Å². The lowest BCUT2D eigenvalue weighted by molar-refractivity contribution is -0.122. The van der Waals surface area contributed by atoms with Gasteiger partial charge in [-0.1, -0.05) is 48.5 Å². The predicted octanol–water partition coefficient (Wildman–Crippen LogP) is 2.90. The van der Waals surface area contributed by atoms with Crippen LogP contribution >= 0.6 is 0 Å². The lowest BCUT2D eigenvalue weighted by atomic mass is 9.89. The maximum atomic E-state index is 13.0. The zero-order valence-corrected chi connectivity index (χ0v) is 13.6. The van der Waals surface area contributed by atoms with Gasteiger partial charge in [-0.25, -0.2) is 5.01 Å². The van der Waals surface area contributed by atoms with Crippen LogP contribution in [0, 0.1) is 5.92 Å². The normalized spacial score (nSPS) is 18.2. The number of anilines is 1. The molecule has 2 amide bonds. The van der Waals surface area contributed by atoms with Gasteiger partial charge in [0.2, 0.25) is 5.91 Å². The molecule has 0 spiro atoms. The van der Waals surface area contributed by atoms with Crippen LogP contribution in [0.4, 0.5) is 5.69 Å². The molecule has 0 saturated heterocycles. The lowest BCUT2D eigenvalue weighted by Gasteiger charge is -2.24. The maximum Gasteiger partial charge on any atom is 0.258 e. The van der Waals surface area contributed by atoms with Crippen molar-refractivity contribution < 1.29 is 9.59 Å². The first-order chi connectivity index (χ1) is 11.6. The van der Waals surface area contributed by atoms with Gasteiger partial charge in [0.05, 0.1) is 17.4 Å². The molecule has 3 rings (SSSR count). The average Bonchev–Trinajstić information content (AvgIpc) is 2.89. The van der Waals surface area contributed by atoms with Gasteiger partial charge >= 0.3 is 0 Å². The highest BCUT2D eigenvalue weighted by molar-refractivity contribution is 6.15. The number of nitrogens with one attached hydrogen (secondary N) is 1. The molecule has 2 aromatic rings. The van der Waals surface area contributed by atoms with Crippen LogP contribution in [0.15, 0.2) is 65.8 Å². The molecule has 0 aromatic heterocycles. The number of carbonyl (C=O) groups excluding carboxylic acids is 2. The second kappa shape index (κ2) is 6.66. The summed E-state index contributed by atoms with van der Waals surface area (Å²) in [7, 11) is 0. The Bertz CT molecular complexity index is 772. The van der Waals surface area contributed by atoms with Gasteiger partial charge in [-0.3, -0.25) is 9.59 Å². The van der Waals surface area contributed by atoms with E-state index >= 15 is 0 Å². The van der Waals surface area contributed by atoms with Crippen LogP contribution in [0.2, 0.25) is 0 Å². The number of benzene rings is 2. The van der Waals surface area contributed by atoms with Gasteiger partial charge in [0.25, 0.3) is 5.91 Å². The molecule has 5 heteroatoms. The number of carbonyl (C=O) groups is 2. The molecule has 1 N–H and O–H groups in total. The topological polar surface area (TPSA) is 61.8 Å². The molecule has 24 heavy (non-hydrogen) atoms. The van der Waals surface area contributed by atoms with Crippen molar-refractivity contribution in [2.75, 3.05) is 5.01 Å². The van der Waals surface area contributed by atoms with E-state index in [1.54, 1.807) is 0 Å². The van der Waals surface area contributed by atoms with Crippen molar-refractivity contribution in [2.24, 2.45) is 11.0 Å². The zero-order chi connectivity index (χ0) is 17.1. The molecular weight excluding hydrogens is 302 g/mol. The lowest BCUT2D eigenvalue weighted by Crippen LogP contribution is -2.39. The van der Waals surface area contributed by atoms with E-state index in [4.69, 9.17) is 0 Å².